The summed E-state index contributed by atoms with van der Waals surface area (Å²) in [5, 5.41) is 6.86. The van der Waals surface area contributed by atoms with Crippen LogP contribution in [0, 0.1) is 11.8 Å². The van der Waals surface area contributed by atoms with Crippen LogP contribution in [0.15, 0.2) is 0 Å². The summed E-state index contributed by atoms with van der Waals surface area (Å²) in [6.45, 7) is 2.14. The number of nitrogens with one attached hydrogen (secondary N) is 1. The van der Waals surface area contributed by atoms with Crippen LogP contribution in [0.3, 0.4) is 0 Å². The number of esters is 1. The molecule has 0 saturated heterocycles. The number of nitrogens with zero attached hydrogens (tertiary/aromatic N) is 2. The largest absolute Gasteiger partial charge is 0.460 e. The van der Waals surface area contributed by atoms with Crippen molar-refractivity contribution in [1.29, 1.82) is 0 Å². The first-order chi connectivity index (χ1) is 8.28. The van der Waals surface area contributed by atoms with Crippen LogP contribution in [0.4, 0.5) is 0 Å². The number of aromatic amines is 1. The summed E-state index contributed by atoms with van der Waals surface area (Å²) in [5.41, 5.74) is 0. The molecule has 2 bridgehead atoms. The first kappa shape index (κ1) is 10.7. The van der Waals surface area contributed by atoms with Crippen molar-refractivity contribution in [1.82, 2.24) is 15.2 Å². The molecule has 2 aliphatic carbocycles. The SMILES string of the molecule is CCOC(=O)c1n[nH]c(C2CC3CCC2C3)n1. The molecule has 2 fully saturated rings. The Morgan fingerprint density at radius 3 is 3.00 bits per heavy atom. The Bertz CT molecular complexity index is 429. The Morgan fingerprint density at radius 1 is 1.47 bits per heavy atom. The van der Waals surface area contributed by atoms with Gasteiger partial charge in [-0.1, -0.05) is 6.42 Å². The third kappa shape index (κ3) is 1.83. The summed E-state index contributed by atoms with van der Waals surface area (Å²) < 4.78 is 4.88. The standard InChI is InChI=1S/C12H17N3O2/c1-2-17-12(16)11-13-10(14-15-11)9-6-7-3-4-8(9)5-7/h7-9H,2-6H2,1H3,(H,13,14,15). The van der Waals surface area contributed by atoms with Crippen molar-refractivity contribution in [2.45, 2.75) is 38.5 Å². The van der Waals surface area contributed by atoms with Crippen LogP contribution in [0.2, 0.25) is 0 Å². The third-order valence-electron chi connectivity index (χ3n) is 4.05. The predicted molar refractivity (Wildman–Crippen MR) is 60.5 cm³/mol. The van der Waals surface area contributed by atoms with Crippen LogP contribution in [0.1, 0.15) is 55.0 Å². The minimum Gasteiger partial charge on any atom is -0.460 e. The molecule has 2 aliphatic rings. The molecule has 1 heterocycles. The number of fused-ring (bicyclic) bond motifs is 2. The predicted octanol–water partition coefficient (Wildman–Crippen LogP) is 1.89. The fourth-order valence-electron chi connectivity index (χ4n) is 3.31. The maximum Gasteiger partial charge on any atom is 0.378 e. The summed E-state index contributed by atoms with van der Waals surface area (Å²) in [6.07, 6.45) is 5.17. The third-order valence-corrected chi connectivity index (χ3v) is 4.05. The highest BCUT2D eigenvalue weighted by Gasteiger charge is 2.41. The maximum absolute atomic E-state index is 11.5. The van der Waals surface area contributed by atoms with Gasteiger partial charge in [0.25, 0.3) is 5.82 Å². The Balaban J connectivity index is 1.74. The molecule has 0 radical (unpaired) electrons. The molecule has 0 aliphatic heterocycles. The summed E-state index contributed by atoms with van der Waals surface area (Å²) in [4.78, 5) is 15.8. The molecular formula is C12H17N3O2. The lowest BCUT2D eigenvalue weighted by Crippen LogP contribution is -2.11. The van der Waals surface area contributed by atoms with Gasteiger partial charge >= 0.3 is 5.97 Å². The minimum absolute atomic E-state index is 0.171. The minimum atomic E-state index is -0.432. The average molecular weight is 235 g/mol. The fourth-order valence-corrected chi connectivity index (χ4v) is 3.31. The second-order valence-corrected chi connectivity index (χ2v) is 5.05. The van der Waals surface area contributed by atoms with E-state index in [1.807, 2.05) is 0 Å². The van der Waals surface area contributed by atoms with E-state index in [9.17, 15) is 4.79 Å². The lowest BCUT2D eigenvalue weighted by molar-refractivity contribution is 0.0512. The molecule has 1 aromatic heterocycles. The molecule has 0 amide bonds. The van der Waals surface area contributed by atoms with Crippen molar-refractivity contribution < 1.29 is 9.53 Å². The van der Waals surface area contributed by atoms with Gasteiger partial charge in [0, 0.05) is 5.92 Å². The van der Waals surface area contributed by atoms with E-state index < -0.39 is 5.97 Å². The number of hydrogen-bond donors (Lipinski definition) is 1. The molecule has 5 nitrogen and oxygen atoms in total. The molecule has 1 N–H and O–H groups in total. The van der Waals surface area contributed by atoms with Crippen molar-refractivity contribution in [3.63, 3.8) is 0 Å². The first-order valence-electron chi connectivity index (χ1n) is 6.37. The zero-order valence-corrected chi connectivity index (χ0v) is 9.98. The summed E-state index contributed by atoms with van der Waals surface area (Å²) in [6, 6.07) is 0. The monoisotopic (exact) mass is 235 g/mol. The van der Waals surface area contributed by atoms with E-state index in [1.54, 1.807) is 6.92 Å². The number of carbonyl (C=O) groups is 1. The summed E-state index contributed by atoms with van der Waals surface area (Å²) in [7, 11) is 0. The Hall–Kier alpha value is -1.39. The maximum atomic E-state index is 11.5. The Kier molecular flexibility index (Phi) is 2.61. The van der Waals surface area contributed by atoms with Gasteiger partial charge in [-0.2, -0.15) is 0 Å². The molecule has 3 unspecified atom stereocenters. The second-order valence-electron chi connectivity index (χ2n) is 5.05. The summed E-state index contributed by atoms with van der Waals surface area (Å²) in [5.74, 6) is 2.69. The van der Waals surface area contributed by atoms with Gasteiger partial charge in [-0.15, -0.1) is 5.10 Å². The zero-order chi connectivity index (χ0) is 11.8. The number of H-pyrrole nitrogens is 1. The average Bonchev–Trinajstić information content (AvgIpc) is 3.05. The van der Waals surface area contributed by atoms with E-state index in [0.29, 0.717) is 12.5 Å². The van der Waals surface area contributed by atoms with E-state index in [-0.39, 0.29) is 5.82 Å². The van der Waals surface area contributed by atoms with Crippen LogP contribution in [0.25, 0.3) is 0 Å². The van der Waals surface area contributed by atoms with E-state index in [0.717, 1.165) is 17.7 Å². The molecule has 3 atom stereocenters. The normalized spacial score (nSPS) is 30.8. The highest BCUT2D eigenvalue weighted by Crippen LogP contribution is 2.51. The van der Waals surface area contributed by atoms with Gasteiger partial charge in [0.05, 0.1) is 6.61 Å². The molecule has 92 valence electrons. The van der Waals surface area contributed by atoms with Crippen LogP contribution in [0.5, 0.6) is 0 Å². The van der Waals surface area contributed by atoms with Gasteiger partial charge in [-0.05, 0) is 38.0 Å². The van der Waals surface area contributed by atoms with Crippen LogP contribution in [-0.4, -0.2) is 27.8 Å². The fraction of sp³-hybridized carbons (Fsp3) is 0.750. The molecule has 5 heteroatoms. The molecule has 0 spiro atoms. The van der Waals surface area contributed by atoms with E-state index >= 15 is 0 Å². The first-order valence-corrected chi connectivity index (χ1v) is 6.37. The number of aromatic nitrogens is 3. The van der Waals surface area contributed by atoms with Crippen molar-refractivity contribution >= 4 is 5.97 Å². The quantitative estimate of drug-likeness (QED) is 0.812. The van der Waals surface area contributed by atoms with E-state index in [4.69, 9.17) is 4.74 Å². The van der Waals surface area contributed by atoms with Crippen LogP contribution >= 0.6 is 0 Å². The van der Waals surface area contributed by atoms with Crippen molar-refractivity contribution in [3.05, 3.63) is 11.6 Å². The van der Waals surface area contributed by atoms with E-state index in [2.05, 4.69) is 15.2 Å². The molecule has 17 heavy (non-hydrogen) atoms. The topological polar surface area (TPSA) is 67.9 Å². The Labute approximate surface area is 100.0 Å². The molecule has 3 rings (SSSR count). The van der Waals surface area contributed by atoms with Crippen LogP contribution < -0.4 is 0 Å². The molecule has 1 aromatic rings. The number of carbonyl (C=O) groups excluding carboxylic acids is 1. The zero-order valence-electron chi connectivity index (χ0n) is 9.98. The van der Waals surface area contributed by atoms with Crippen molar-refractivity contribution in [2.75, 3.05) is 6.61 Å². The van der Waals surface area contributed by atoms with E-state index in [1.165, 1.54) is 25.7 Å². The number of rotatable bonds is 3. The molecular weight excluding hydrogens is 218 g/mol. The van der Waals surface area contributed by atoms with Gasteiger partial charge in [-0.3, -0.25) is 5.10 Å². The second kappa shape index (κ2) is 4.13. The molecule has 0 aromatic carbocycles. The lowest BCUT2D eigenvalue weighted by atomic mass is 9.88. The number of hydrogen-bond acceptors (Lipinski definition) is 4. The smallest absolute Gasteiger partial charge is 0.378 e. The highest BCUT2D eigenvalue weighted by molar-refractivity contribution is 5.84. The van der Waals surface area contributed by atoms with Crippen molar-refractivity contribution in [2.24, 2.45) is 11.8 Å². The van der Waals surface area contributed by atoms with Gasteiger partial charge in [-0.25, -0.2) is 9.78 Å². The lowest BCUT2D eigenvalue weighted by Gasteiger charge is -2.18. The van der Waals surface area contributed by atoms with Gasteiger partial charge < -0.3 is 4.74 Å². The van der Waals surface area contributed by atoms with Gasteiger partial charge in [0.2, 0.25) is 0 Å². The van der Waals surface area contributed by atoms with Gasteiger partial charge in [0.1, 0.15) is 5.82 Å². The van der Waals surface area contributed by atoms with Crippen LogP contribution in [-0.2, 0) is 4.74 Å². The summed E-state index contributed by atoms with van der Waals surface area (Å²) >= 11 is 0. The molecule has 2 saturated carbocycles. The Morgan fingerprint density at radius 2 is 2.35 bits per heavy atom. The highest BCUT2D eigenvalue weighted by atomic mass is 16.5. The van der Waals surface area contributed by atoms with Crippen molar-refractivity contribution in [3.8, 4) is 0 Å². The van der Waals surface area contributed by atoms with Gasteiger partial charge in [0.15, 0.2) is 0 Å². The number of ether oxygens (including phenoxy) is 1.